The van der Waals surface area contributed by atoms with Gasteiger partial charge in [-0.25, -0.2) is 0 Å². The summed E-state index contributed by atoms with van der Waals surface area (Å²) >= 11 is 0. The molecule has 0 unspecified atom stereocenters. The molecule has 7 heteroatoms. The molecule has 23 heavy (non-hydrogen) atoms. The lowest BCUT2D eigenvalue weighted by Crippen LogP contribution is -2.05. The molecule has 0 fully saturated rings. The third-order valence-electron chi connectivity index (χ3n) is 3.10. The summed E-state index contributed by atoms with van der Waals surface area (Å²) in [6, 6.07) is 10.7. The SMILES string of the molecule is O=C(O)Cc1cccc(COc2ccc(-c3ccn[nH]3)nc2)n1. The highest BCUT2D eigenvalue weighted by atomic mass is 16.5. The van der Waals surface area contributed by atoms with Gasteiger partial charge in [0, 0.05) is 6.20 Å². The second-order valence-corrected chi connectivity index (χ2v) is 4.83. The van der Waals surface area contributed by atoms with Gasteiger partial charge >= 0.3 is 5.97 Å². The van der Waals surface area contributed by atoms with Crippen molar-refractivity contribution in [2.24, 2.45) is 0 Å². The number of aromatic nitrogens is 4. The van der Waals surface area contributed by atoms with Crippen LogP contribution in [0.15, 0.2) is 48.8 Å². The summed E-state index contributed by atoms with van der Waals surface area (Å²) in [5.74, 6) is -0.298. The molecule has 3 heterocycles. The van der Waals surface area contributed by atoms with Crippen molar-refractivity contribution in [3.8, 4) is 17.1 Å². The zero-order valence-corrected chi connectivity index (χ0v) is 12.1. The van der Waals surface area contributed by atoms with Crippen molar-refractivity contribution in [2.45, 2.75) is 13.0 Å². The molecular weight excluding hydrogens is 296 g/mol. The Morgan fingerprint density at radius 3 is 2.74 bits per heavy atom. The summed E-state index contributed by atoms with van der Waals surface area (Å²) < 4.78 is 5.63. The monoisotopic (exact) mass is 310 g/mol. The minimum absolute atomic E-state index is 0.103. The number of aliphatic carboxylic acids is 1. The average molecular weight is 310 g/mol. The molecule has 0 spiro atoms. The Labute approximate surface area is 132 Å². The molecule has 0 aliphatic rings. The maximum Gasteiger partial charge on any atom is 0.309 e. The zero-order chi connectivity index (χ0) is 16.1. The number of rotatable bonds is 6. The van der Waals surface area contributed by atoms with Gasteiger partial charge in [0.15, 0.2) is 0 Å². The second-order valence-electron chi connectivity index (χ2n) is 4.83. The number of carboxylic acid groups (broad SMARTS) is 1. The number of H-pyrrole nitrogens is 1. The van der Waals surface area contributed by atoms with Crippen LogP contribution in [0.1, 0.15) is 11.4 Å². The lowest BCUT2D eigenvalue weighted by Gasteiger charge is -2.07. The summed E-state index contributed by atoms with van der Waals surface area (Å²) in [5.41, 5.74) is 2.78. The van der Waals surface area contributed by atoms with Gasteiger partial charge in [0.25, 0.3) is 0 Å². The van der Waals surface area contributed by atoms with Crippen LogP contribution in [0.3, 0.4) is 0 Å². The van der Waals surface area contributed by atoms with Gasteiger partial charge in [0.2, 0.25) is 0 Å². The van der Waals surface area contributed by atoms with Gasteiger partial charge < -0.3 is 9.84 Å². The van der Waals surface area contributed by atoms with Gasteiger partial charge in [-0.05, 0) is 30.3 Å². The van der Waals surface area contributed by atoms with E-state index in [0.717, 1.165) is 11.4 Å². The van der Waals surface area contributed by atoms with Gasteiger partial charge in [-0.3, -0.25) is 19.9 Å². The number of aromatic amines is 1. The average Bonchev–Trinajstić information content (AvgIpc) is 3.08. The van der Waals surface area contributed by atoms with Crippen LogP contribution in [0.5, 0.6) is 5.75 Å². The van der Waals surface area contributed by atoms with Crippen LogP contribution in [-0.4, -0.2) is 31.2 Å². The van der Waals surface area contributed by atoms with Gasteiger partial charge in [-0.2, -0.15) is 5.10 Å². The van der Waals surface area contributed by atoms with E-state index in [-0.39, 0.29) is 13.0 Å². The molecule has 0 aliphatic carbocycles. The lowest BCUT2D eigenvalue weighted by atomic mass is 10.2. The zero-order valence-electron chi connectivity index (χ0n) is 12.1. The highest BCUT2D eigenvalue weighted by Crippen LogP contribution is 2.17. The van der Waals surface area contributed by atoms with E-state index in [1.54, 1.807) is 30.6 Å². The van der Waals surface area contributed by atoms with Crippen LogP contribution in [0.4, 0.5) is 0 Å². The van der Waals surface area contributed by atoms with Crippen LogP contribution in [0.2, 0.25) is 0 Å². The normalized spacial score (nSPS) is 10.4. The maximum absolute atomic E-state index is 10.7. The van der Waals surface area contributed by atoms with Crippen molar-refractivity contribution in [1.29, 1.82) is 0 Å². The van der Waals surface area contributed by atoms with Crippen LogP contribution in [-0.2, 0) is 17.8 Å². The minimum Gasteiger partial charge on any atom is -0.486 e. The molecule has 3 aromatic heterocycles. The van der Waals surface area contributed by atoms with Crippen LogP contribution in [0.25, 0.3) is 11.4 Å². The summed E-state index contributed by atoms with van der Waals surface area (Å²) in [6.07, 6.45) is 3.18. The van der Waals surface area contributed by atoms with Gasteiger partial charge in [-0.15, -0.1) is 0 Å². The predicted molar refractivity (Wildman–Crippen MR) is 81.7 cm³/mol. The molecule has 0 radical (unpaired) electrons. The van der Waals surface area contributed by atoms with Crippen molar-refractivity contribution in [1.82, 2.24) is 20.2 Å². The standard InChI is InChI=1S/C16H14N4O3/c21-16(22)8-11-2-1-3-12(19-11)10-23-13-4-5-14(17-9-13)15-6-7-18-20-15/h1-7,9H,8,10H2,(H,18,20)(H,21,22). The van der Waals surface area contributed by atoms with Crippen LogP contribution in [0, 0.1) is 0 Å². The third-order valence-corrected chi connectivity index (χ3v) is 3.10. The fourth-order valence-electron chi connectivity index (χ4n) is 2.04. The maximum atomic E-state index is 10.7. The fourth-order valence-corrected chi connectivity index (χ4v) is 2.04. The van der Waals surface area contributed by atoms with E-state index >= 15 is 0 Å². The van der Waals surface area contributed by atoms with Gasteiger partial charge in [0.05, 0.1) is 35.4 Å². The second kappa shape index (κ2) is 6.69. The molecule has 3 rings (SSSR count). The number of hydrogen-bond acceptors (Lipinski definition) is 5. The Balaban J connectivity index is 1.63. The number of nitrogens with zero attached hydrogens (tertiary/aromatic N) is 3. The Hall–Kier alpha value is -3.22. The first kappa shape index (κ1) is 14.7. The molecule has 3 aromatic rings. The van der Waals surface area contributed by atoms with E-state index in [1.165, 1.54) is 0 Å². The number of hydrogen-bond donors (Lipinski definition) is 2. The quantitative estimate of drug-likeness (QED) is 0.723. The number of ether oxygens (including phenoxy) is 1. The molecule has 0 bridgehead atoms. The summed E-state index contributed by atoms with van der Waals surface area (Å²) in [5, 5.41) is 15.5. The molecular formula is C16H14N4O3. The van der Waals surface area contributed by atoms with E-state index in [2.05, 4.69) is 20.2 Å². The number of pyridine rings is 2. The molecule has 2 N–H and O–H groups in total. The summed E-state index contributed by atoms with van der Waals surface area (Å²) in [6.45, 7) is 0.249. The molecule has 7 nitrogen and oxygen atoms in total. The fraction of sp³-hybridized carbons (Fsp3) is 0.125. The van der Waals surface area contributed by atoms with Crippen LogP contribution < -0.4 is 4.74 Å². The highest BCUT2D eigenvalue weighted by molar-refractivity contribution is 5.69. The third kappa shape index (κ3) is 3.91. The molecule has 116 valence electrons. The molecule has 0 amide bonds. The molecule has 0 saturated heterocycles. The first-order valence-corrected chi connectivity index (χ1v) is 6.96. The largest absolute Gasteiger partial charge is 0.486 e. The van der Waals surface area contributed by atoms with E-state index in [1.807, 2.05) is 18.2 Å². The van der Waals surface area contributed by atoms with Crippen molar-refractivity contribution in [3.63, 3.8) is 0 Å². The lowest BCUT2D eigenvalue weighted by molar-refractivity contribution is -0.136. The van der Waals surface area contributed by atoms with E-state index in [0.29, 0.717) is 17.1 Å². The van der Waals surface area contributed by atoms with Gasteiger partial charge in [-0.1, -0.05) is 6.07 Å². The number of nitrogens with one attached hydrogen (secondary N) is 1. The first-order valence-electron chi connectivity index (χ1n) is 6.96. The Bertz CT molecular complexity index is 785. The smallest absolute Gasteiger partial charge is 0.309 e. The summed E-state index contributed by atoms with van der Waals surface area (Å²) in [4.78, 5) is 19.2. The molecule has 0 aliphatic heterocycles. The molecule has 0 atom stereocenters. The van der Waals surface area contributed by atoms with Gasteiger partial charge in [0.1, 0.15) is 12.4 Å². The van der Waals surface area contributed by atoms with Crippen molar-refractivity contribution in [2.75, 3.05) is 0 Å². The first-order chi connectivity index (χ1) is 11.2. The number of carboxylic acids is 1. The highest BCUT2D eigenvalue weighted by Gasteiger charge is 2.05. The Morgan fingerprint density at radius 1 is 1.17 bits per heavy atom. The van der Waals surface area contributed by atoms with E-state index in [9.17, 15) is 4.79 Å². The molecule has 0 saturated carbocycles. The Kier molecular flexibility index (Phi) is 4.28. The predicted octanol–water partition coefficient (Wildman–Crippen LogP) is 2.07. The Morgan fingerprint density at radius 2 is 2.04 bits per heavy atom. The van der Waals surface area contributed by atoms with E-state index in [4.69, 9.17) is 9.84 Å². The van der Waals surface area contributed by atoms with Crippen molar-refractivity contribution in [3.05, 3.63) is 60.2 Å². The topological polar surface area (TPSA) is 101 Å². The van der Waals surface area contributed by atoms with E-state index < -0.39 is 5.97 Å². The number of carbonyl (C=O) groups is 1. The van der Waals surface area contributed by atoms with Crippen molar-refractivity contribution >= 4 is 5.97 Å². The summed E-state index contributed by atoms with van der Waals surface area (Å²) in [7, 11) is 0. The molecule has 0 aromatic carbocycles. The van der Waals surface area contributed by atoms with Crippen LogP contribution >= 0.6 is 0 Å². The van der Waals surface area contributed by atoms with Crippen molar-refractivity contribution < 1.29 is 14.6 Å². The minimum atomic E-state index is -0.908.